The molecule has 218 valence electrons. The summed E-state index contributed by atoms with van der Waals surface area (Å²) in [5.41, 5.74) is 6.15. The molecule has 5 heteroatoms. The van der Waals surface area contributed by atoms with Crippen molar-refractivity contribution in [1.29, 1.82) is 0 Å². The number of aromatic nitrogens is 3. The topological polar surface area (TPSA) is 43.9 Å². The van der Waals surface area contributed by atoms with E-state index in [-0.39, 0.29) is 0 Å². The zero-order valence-corrected chi connectivity index (χ0v) is 25.8. The maximum Gasteiger partial charge on any atom is 0.248 e. The van der Waals surface area contributed by atoms with E-state index in [0.29, 0.717) is 5.71 Å². The Kier molecular flexibility index (Phi) is 4.96. The molecule has 0 amide bonds. The van der Waals surface area contributed by atoms with Crippen LogP contribution in [0.15, 0.2) is 144 Å². The fourth-order valence-corrected chi connectivity index (χ4v) is 8.66. The number of para-hydroxylation sites is 1. The number of nitrogens with zero attached hydrogens (tertiary/aromatic N) is 3. The Morgan fingerprint density at radius 2 is 1.23 bits per heavy atom. The largest absolute Gasteiger partial charge is 0.436 e. The van der Waals surface area contributed by atoms with Gasteiger partial charge in [-0.25, -0.2) is 4.98 Å². The Bertz CT molecular complexity index is 3090. The van der Waals surface area contributed by atoms with Gasteiger partial charge in [-0.2, -0.15) is 4.98 Å². The highest BCUT2D eigenvalue weighted by Crippen LogP contribution is 2.44. The van der Waals surface area contributed by atoms with Gasteiger partial charge in [0.2, 0.25) is 5.71 Å². The number of rotatable bonds is 2. The van der Waals surface area contributed by atoms with Gasteiger partial charge in [-0.3, -0.25) is 4.57 Å². The lowest BCUT2D eigenvalue weighted by Gasteiger charge is -2.14. The lowest BCUT2D eigenvalue weighted by Crippen LogP contribution is -2.03. The van der Waals surface area contributed by atoms with Gasteiger partial charge in [-0.1, -0.05) is 97.1 Å². The lowest BCUT2D eigenvalue weighted by molar-refractivity contribution is 0.652. The van der Waals surface area contributed by atoms with Gasteiger partial charge in [0.25, 0.3) is 0 Å². The molecule has 0 aliphatic heterocycles. The van der Waals surface area contributed by atoms with E-state index in [1.54, 1.807) is 0 Å². The highest BCUT2D eigenvalue weighted by molar-refractivity contribution is 7.25. The van der Waals surface area contributed by atoms with Gasteiger partial charge in [0.05, 0.1) is 11.0 Å². The van der Waals surface area contributed by atoms with Crippen molar-refractivity contribution in [3.05, 3.63) is 140 Å². The van der Waals surface area contributed by atoms with Crippen LogP contribution >= 0.6 is 11.3 Å². The number of furan rings is 1. The van der Waals surface area contributed by atoms with Gasteiger partial charge in [-0.15, -0.1) is 11.3 Å². The molecule has 0 spiro atoms. The second-order valence-electron chi connectivity index (χ2n) is 12.2. The average molecular weight is 618 g/mol. The first-order chi connectivity index (χ1) is 23.3. The second kappa shape index (κ2) is 9.25. The molecular weight excluding hydrogens is 595 g/mol. The molecule has 11 rings (SSSR count). The van der Waals surface area contributed by atoms with Gasteiger partial charge >= 0.3 is 0 Å². The first-order valence-corrected chi connectivity index (χ1v) is 16.6. The number of hydrogen-bond donors (Lipinski definition) is 0. The van der Waals surface area contributed by atoms with E-state index >= 15 is 0 Å². The molecule has 0 saturated carbocycles. The van der Waals surface area contributed by atoms with E-state index < -0.39 is 0 Å². The smallest absolute Gasteiger partial charge is 0.248 e. The van der Waals surface area contributed by atoms with E-state index in [0.717, 1.165) is 44.6 Å². The highest BCUT2D eigenvalue weighted by atomic mass is 32.1. The van der Waals surface area contributed by atoms with E-state index in [1.807, 2.05) is 29.5 Å². The van der Waals surface area contributed by atoms with Crippen LogP contribution in [0.3, 0.4) is 0 Å². The molecule has 0 aliphatic rings. The molecule has 7 aromatic carbocycles. The first-order valence-electron chi connectivity index (χ1n) is 15.8. The predicted octanol–water partition coefficient (Wildman–Crippen LogP) is 11.8. The molecule has 4 aromatic heterocycles. The minimum atomic E-state index is 0.531. The summed E-state index contributed by atoms with van der Waals surface area (Å²) in [6, 6.07) is 49.6. The van der Waals surface area contributed by atoms with Crippen LogP contribution in [0, 0.1) is 0 Å². The van der Waals surface area contributed by atoms with Crippen LogP contribution in [0.2, 0.25) is 0 Å². The van der Waals surface area contributed by atoms with Crippen molar-refractivity contribution in [2.45, 2.75) is 0 Å². The second-order valence-corrected chi connectivity index (χ2v) is 13.2. The number of fused-ring (bicyclic) bond motifs is 12. The van der Waals surface area contributed by atoms with Gasteiger partial charge in [0.1, 0.15) is 16.8 Å². The molecule has 0 saturated heterocycles. The fraction of sp³-hybridized carbons (Fsp3) is 0. The van der Waals surface area contributed by atoms with Crippen molar-refractivity contribution in [3.8, 4) is 17.1 Å². The Morgan fingerprint density at radius 1 is 0.511 bits per heavy atom. The van der Waals surface area contributed by atoms with E-state index in [9.17, 15) is 0 Å². The van der Waals surface area contributed by atoms with E-state index in [4.69, 9.17) is 14.4 Å². The van der Waals surface area contributed by atoms with Crippen LogP contribution in [0.4, 0.5) is 0 Å². The number of thiophene rings is 1. The lowest BCUT2D eigenvalue weighted by atomic mass is 10.0. The maximum atomic E-state index is 6.40. The van der Waals surface area contributed by atoms with Gasteiger partial charge < -0.3 is 4.42 Å². The summed E-state index contributed by atoms with van der Waals surface area (Å²) in [7, 11) is 0. The molecule has 0 fully saturated rings. The number of hydrogen-bond acceptors (Lipinski definition) is 4. The Labute approximate surface area is 271 Å². The van der Waals surface area contributed by atoms with Crippen LogP contribution in [0.5, 0.6) is 0 Å². The average Bonchev–Trinajstić information content (AvgIpc) is 3.79. The number of benzene rings is 7. The Hall–Kier alpha value is -6.04. The highest BCUT2D eigenvalue weighted by Gasteiger charge is 2.24. The van der Waals surface area contributed by atoms with Crippen molar-refractivity contribution in [3.63, 3.8) is 0 Å². The SMILES string of the molecule is c1ccc2cc3c(cc2c1)c1c2ccccc2ccc1n3-c1nc2oc3ccccc3c2nc1-c1cccc2sc3ccccc3c12. The molecule has 0 bridgehead atoms. The fourth-order valence-electron chi connectivity index (χ4n) is 7.52. The summed E-state index contributed by atoms with van der Waals surface area (Å²) < 4.78 is 11.2. The van der Waals surface area contributed by atoms with Crippen LogP contribution in [0.1, 0.15) is 0 Å². The summed E-state index contributed by atoms with van der Waals surface area (Å²) in [4.78, 5) is 10.9. The van der Waals surface area contributed by atoms with Crippen molar-refractivity contribution >= 4 is 97.1 Å². The van der Waals surface area contributed by atoms with Gasteiger partial charge in [0.15, 0.2) is 5.82 Å². The third-order valence-corrected chi connectivity index (χ3v) is 10.7. The zero-order valence-electron chi connectivity index (χ0n) is 24.9. The summed E-state index contributed by atoms with van der Waals surface area (Å²) in [5, 5.41) is 10.6. The standard InChI is InChI=1S/C42H23N3OS/c1-2-12-26-23-33-31(22-25(26)11-1)37-27-13-4-3-10-24(27)20-21-32(37)45(33)41-39(43-40-28-14-5-7-17-34(28)46-42(40)44-41)30-16-9-19-36-38(30)29-15-6-8-18-35(29)47-36/h1-23H. The Morgan fingerprint density at radius 3 is 2.13 bits per heavy atom. The summed E-state index contributed by atoms with van der Waals surface area (Å²) in [6.45, 7) is 0. The predicted molar refractivity (Wildman–Crippen MR) is 197 cm³/mol. The normalized spacial score (nSPS) is 12.3. The van der Waals surface area contributed by atoms with Crippen molar-refractivity contribution in [1.82, 2.24) is 14.5 Å². The minimum Gasteiger partial charge on any atom is -0.436 e. The van der Waals surface area contributed by atoms with Crippen molar-refractivity contribution in [2.75, 3.05) is 0 Å². The van der Waals surface area contributed by atoms with Crippen molar-refractivity contribution in [2.24, 2.45) is 0 Å². The summed E-state index contributed by atoms with van der Waals surface area (Å²) in [6.07, 6.45) is 0. The van der Waals surface area contributed by atoms with Gasteiger partial charge in [0, 0.05) is 41.9 Å². The molecule has 0 radical (unpaired) electrons. The quantitative estimate of drug-likeness (QED) is 0.194. The molecule has 0 aliphatic carbocycles. The molecular formula is C42H23N3OS. The third kappa shape index (κ3) is 3.46. The zero-order chi connectivity index (χ0) is 30.6. The molecule has 11 aromatic rings. The molecule has 4 nitrogen and oxygen atoms in total. The third-order valence-electron chi connectivity index (χ3n) is 9.59. The summed E-state index contributed by atoms with van der Waals surface area (Å²) in [5.74, 6) is 0.755. The maximum absolute atomic E-state index is 6.40. The molecule has 47 heavy (non-hydrogen) atoms. The molecule has 0 N–H and O–H groups in total. The van der Waals surface area contributed by atoms with Gasteiger partial charge in [-0.05, 0) is 64.0 Å². The van der Waals surface area contributed by atoms with Crippen LogP contribution in [-0.4, -0.2) is 14.5 Å². The van der Waals surface area contributed by atoms with Crippen LogP contribution < -0.4 is 0 Å². The summed E-state index contributed by atoms with van der Waals surface area (Å²) >= 11 is 1.82. The molecule has 0 unspecified atom stereocenters. The monoisotopic (exact) mass is 617 g/mol. The van der Waals surface area contributed by atoms with Crippen LogP contribution in [-0.2, 0) is 0 Å². The molecule has 0 atom stereocenters. The van der Waals surface area contributed by atoms with Crippen LogP contribution in [0.25, 0.3) is 103 Å². The van der Waals surface area contributed by atoms with Crippen molar-refractivity contribution < 1.29 is 4.42 Å². The Balaban J connectivity index is 1.37. The van der Waals surface area contributed by atoms with E-state index in [1.165, 1.54) is 52.5 Å². The van der Waals surface area contributed by atoms with E-state index in [2.05, 4.69) is 126 Å². The molecule has 4 heterocycles. The minimum absolute atomic E-state index is 0.531. The first kappa shape index (κ1) is 25.2.